The van der Waals surface area contributed by atoms with Crippen LogP contribution in [0.25, 0.3) is 0 Å². The molecule has 1 aromatic carbocycles. The molecule has 6 heteroatoms. The lowest BCUT2D eigenvalue weighted by molar-refractivity contribution is 0.0985. The number of halogens is 1. The fourth-order valence-corrected chi connectivity index (χ4v) is 6.19. The van der Waals surface area contributed by atoms with Gasteiger partial charge in [0.1, 0.15) is 6.61 Å². The maximum absolute atomic E-state index is 14.5. The van der Waals surface area contributed by atoms with Crippen molar-refractivity contribution in [3.8, 4) is 11.5 Å². The second-order valence-corrected chi connectivity index (χ2v) is 10.4. The number of hydrogen-bond donors (Lipinski definition) is 1. The van der Waals surface area contributed by atoms with Gasteiger partial charge in [-0.3, -0.25) is 4.79 Å². The Morgan fingerprint density at radius 3 is 2.80 bits per heavy atom. The summed E-state index contributed by atoms with van der Waals surface area (Å²) in [6.07, 6.45) is 1.07. The molecule has 2 aliphatic rings. The van der Waals surface area contributed by atoms with Crippen molar-refractivity contribution in [1.29, 1.82) is 0 Å². The normalized spacial score (nSPS) is 21.7. The van der Waals surface area contributed by atoms with Crippen LogP contribution in [-0.4, -0.2) is 30.7 Å². The molecule has 0 aliphatic heterocycles. The quantitative estimate of drug-likeness (QED) is 0.592. The Labute approximate surface area is 181 Å². The lowest BCUT2D eigenvalue weighted by Gasteiger charge is -2.14. The van der Waals surface area contributed by atoms with E-state index in [1.54, 1.807) is 24.3 Å². The molecule has 0 bridgehead atoms. The molecule has 1 fully saturated rings. The van der Waals surface area contributed by atoms with Crippen molar-refractivity contribution in [2.75, 3.05) is 13.7 Å². The number of ether oxygens (including phenoxy) is 2. The minimum absolute atomic E-state index is 0.0120. The molecule has 2 aromatic rings. The molecule has 4 nitrogen and oxygen atoms in total. The molecule has 0 saturated heterocycles. The molecule has 3 atom stereocenters. The summed E-state index contributed by atoms with van der Waals surface area (Å²) < 4.78 is 25.1. The molecule has 0 radical (unpaired) electrons. The summed E-state index contributed by atoms with van der Waals surface area (Å²) in [7, 11) is 1.45. The van der Waals surface area contributed by atoms with E-state index in [0.29, 0.717) is 35.7 Å². The number of ketones is 1. The summed E-state index contributed by atoms with van der Waals surface area (Å²) in [5.74, 6) is 1.13. The number of fused-ring (bicyclic) bond motifs is 3. The number of aryl methyl sites for hydroxylation is 2. The molecule has 30 heavy (non-hydrogen) atoms. The largest absolute Gasteiger partial charge is 0.493 e. The van der Waals surface area contributed by atoms with E-state index in [-0.39, 0.29) is 23.9 Å². The summed E-state index contributed by atoms with van der Waals surface area (Å²) in [4.78, 5) is 15.2. The second kappa shape index (κ2) is 7.65. The fraction of sp³-hybridized carbons (Fsp3) is 0.542. The average molecular weight is 433 g/mol. The van der Waals surface area contributed by atoms with E-state index in [4.69, 9.17) is 9.47 Å². The highest BCUT2D eigenvalue weighted by Crippen LogP contribution is 2.71. The van der Waals surface area contributed by atoms with Crippen molar-refractivity contribution >= 4 is 17.1 Å². The van der Waals surface area contributed by atoms with Gasteiger partial charge in [-0.15, -0.1) is 11.3 Å². The van der Waals surface area contributed by atoms with E-state index in [1.807, 2.05) is 0 Å². The van der Waals surface area contributed by atoms with Crippen LogP contribution in [0.3, 0.4) is 0 Å². The van der Waals surface area contributed by atoms with Crippen LogP contribution < -0.4 is 9.47 Å². The molecule has 1 saturated carbocycles. The van der Waals surface area contributed by atoms with E-state index in [1.165, 1.54) is 29.2 Å². The minimum Gasteiger partial charge on any atom is -0.493 e. The van der Waals surface area contributed by atoms with Gasteiger partial charge in [0.2, 0.25) is 0 Å². The van der Waals surface area contributed by atoms with E-state index in [0.717, 1.165) is 11.3 Å². The zero-order chi connectivity index (χ0) is 21.8. The highest BCUT2D eigenvalue weighted by Gasteiger charge is 2.63. The highest BCUT2D eigenvalue weighted by atomic mass is 32.1. The van der Waals surface area contributed by atoms with Crippen LogP contribution in [0, 0.1) is 24.1 Å². The van der Waals surface area contributed by atoms with Gasteiger partial charge < -0.3 is 14.6 Å². The number of thiophene rings is 1. The van der Waals surface area contributed by atoms with Crippen molar-refractivity contribution in [2.45, 2.75) is 59.0 Å². The molecule has 1 aromatic heterocycles. The number of rotatable bonds is 8. The number of methoxy groups -OCH3 is 1. The Morgan fingerprint density at radius 1 is 1.40 bits per heavy atom. The molecule has 0 spiro atoms. The van der Waals surface area contributed by atoms with E-state index in [9.17, 15) is 14.3 Å². The number of Topliss-reactive ketones (excluding diaryl/α,β-unsaturated/α-hetero) is 1. The van der Waals surface area contributed by atoms with Crippen molar-refractivity contribution < 1.29 is 23.8 Å². The maximum atomic E-state index is 14.5. The van der Waals surface area contributed by atoms with Crippen LogP contribution in [0.2, 0.25) is 0 Å². The van der Waals surface area contributed by atoms with Gasteiger partial charge in [0.05, 0.1) is 18.1 Å². The first-order valence-electron chi connectivity index (χ1n) is 10.5. The minimum atomic E-state index is -0.709. The van der Waals surface area contributed by atoms with Gasteiger partial charge in [-0.25, -0.2) is 4.39 Å². The van der Waals surface area contributed by atoms with Gasteiger partial charge in [0.25, 0.3) is 0 Å². The maximum Gasteiger partial charge on any atom is 0.197 e. The van der Waals surface area contributed by atoms with Crippen LogP contribution in [0.15, 0.2) is 12.1 Å². The molecule has 1 unspecified atom stereocenters. The van der Waals surface area contributed by atoms with Crippen molar-refractivity contribution in [1.82, 2.24) is 0 Å². The van der Waals surface area contributed by atoms with Crippen LogP contribution in [0.4, 0.5) is 4.39 Å². The van der Waals surface area contributed by atoms with Crippen molar-refractivity contribution in [2.24, 2.45) is 11.3 Å². The van der Waals surface area contributed by atoms with E-state index < -0.39 is 11.9 Å². The van der Waals surface area contributed by atoms with Gasteiger partial charge >= 0.3 is 0 Å². The highest BCUT2D eigenvalue weighted by molar-refractivity contribution is 7.14. The summed E-state index contributed by atoms with van der Waals surface area (Å²) in [5.41, 5.74) is 3.74. The topological polar surface area (TPSA) is 55.8 Å². The number of hydrogen-bond acceptors (Lipinski definition) is 5. The third-order valence-corrected chi connectivity index (χ3v) is 7.88. The van der Waals surface area contributed by atoms with Crippen LogP contribution in [0.1, 0.15) is 64.3 Å². The standard InChI is InChI=1S/C24H29FO4S/c1-12(26)11-29-22-17(25)8-14(9-19(22)28-5)6-7-18(27)23-15-10-16-21(24(16,3)4)20(15)13(2)30-23/h8-9,12,16,21,26H,6-7,10-11H2,1-5H3/t12?,16-,21-/m1/s1. The first kappa shape index (κ1) is 21.3. The Bertz CT molecular complexity index is 992. The molecule has 2 aliphatic carbocycles. The Balaban J connectivity index is 1.47. The summed E-state index contributed by atoms with van der Waals surface area (Å²) >= 11 is 1.62. The lowest BCUT2D eigenvalue weighted by atomic mass is 9.94. The zero-order valence-corrected chi connectivity index (χ0v) is 19.0. The number of benzene rings is 1. The monoisotopic (exact) mass is 432 g/mol. The van der Waals surface area contributed by atoms with E-state index in [2.05, 4.69) is 20.8 Å². The van der Waals surface area contributed by atoms with Gasteiger partial charge in [-0.1, -0.05) is 13.8 Å². The van der Waals surface area contributed by atoms with Crippen LogP contribution in [0.5, 0.6) is 11.5 Å². The molecular formula is C24H29FO4S. The van der Waals surface area contributed by atoms with Gasteiger partial charge in [-0.2, -0.15) is 0 Å². The molecule has 1 N–H and O–H groups in total. The smallest absolute Gasteiger partial charge is 0.197 e. The summed E-state index contributed by atoms with van der Waals surface area (Å²) in [6, 6.07) is 3.09. The average Bonchev–Trinajstić information content (AvgIpc) is 3.02. The van der Waals surface area contributed by atoms with Crippen LogP contribution in [-0.2, 0) is 12.8 Å². The Hall–Kier alpha value is -1.92. The number of carbonyl (C=O) groups is 1. The van der Waals surface area contributed by atoms with E-state index >= 15 is 0 Å². The molecule has 0 amide bonds. The predicted octanol–water partition coefficient (Wildman–Crippen LogP) is 5.08. The van der Waals surface area contributed by atoms with Gasteiger partial charge in [0, 0.05) is 11.3 Å². The Morgan fingerprint density at radius 2 is 2.13 bits per heavy atom. The molecule has 4 rings (SSSR count). The number of aliphatic hydroxyl groups is 1. The summed E-state index contributed by atoms with van der Waals surface area (Å²) in [6.45, 7) is 8.31. The lowest BCUT2D eigenvalue weighted by Crippen LogP contribution is -2.14. The predicted molar refractivity (Wildman–Crippen MR) is 116 cm³/mol. The molecular weight excluding hydrogens is 403 g/mol. The number of aliphatic hydroxyl groups excluding tert-OH is 1. The van der Waals surface area contributed by atoms with Gasteiger partial charge in [-0.05, 0) is 72.8 Å². The summed E-state index contributed by atoms with van der Waals surface area (Å²) in [5, 5.41) is 9.37. The SMILES string of the molecule is COc1cc(CCC(=O)c2sc(C)c3c2C[C@@H]2[C@H]3C2(C)C)cc(F)c1OCC(C)O. The second-order valence-electron chi connectivity index (χ2n) is 9.18. The number of carbonyl (C=O) groups excluding carboxylic acids is 1. The van der Waals surface area contributed by atoms with Crippen molar-refractivity contribution in [3.05, 3.63) is 44.4 Å². The van der Waals surface area contributed by atoms with Crippen LogP contribution >= 0.6 is 11.3 Å². The fourth-order valence-electron chi connectivity index (χ4n) is 4.99. The first-order valence-corrected chi connectivity index (χ1v) is 11.3. The Kier molecular flexibility index (Phi) is 5.43. The third kappa shape index (κ3) is 3.54. The zero-order valence-electron chi connectivity index (χ0n) is 18.2. The molecule has 1 heterocycles. The first-order chi connectivity index (χ1) is 14.1. The van der Waals surface area contributed by atoms with Gasteiger partial charge in [0.15, 0.2) is 23.1 Å². The third-order valence-electron chi connectivity index (χ3n) is 6.67. The van der Waals surface area contributed by atoms with Crippen molar-refractivity contribution in [3.63, 3.8) is 0 Å². The molecule has 162 valence electrons.